The molecule has 0 heterocycles. The van der Waals surface area contributed by atoms with Crippen molar-refractivity contribution in [3.05, 3.63) is 64.7 Å². The van der Waals surface area contributed by atoms with Crippen molar-refractivity contribution >= 4 is 33.2 Å². The lowest BCUT2D eigenvalue weighted by molar-refractivity contribution is -0.131. The molecule has 0 aliphatic heterocycles. The Morgan fingerprint density at radius 1 is 1.15 bits per heavy atom. The number of carbonyl (C=O) groups is 1. The average molecular weight is 395 g/mol. The van der Waals surface area contributed by atoms with Gasteiger partial charge in [0, 0.05) is 18.6 Å². The Bertz CT molecular complexity index is 882. The van der Waals surface area contributed by atoms with Crippen LogP contribution in [0.3, 0.4) is 0 Å². The summed E-state index contributed by atoms with van der Waals surface area (Å²) < 4.78 is 25.7. The number of hydrogen-bond acceptors (Lipinski definition) is 3. The van der Waals surface area contributed by atoms with Crippen LogP contribution in [0.25, 0.3) is 0 Å². The van der Waals surface area contributed by atoms with E-state index >= 15 is 0 Å². The summed E-state index contributed by atoms with van der Waals surface area (Å²) in [6.07, 6.45) is 1.08. The van der Waals surface area contributed by atoms with Crippen molar-refractivity contribution < 1.29 is 13.2 Å². The Labute approximate surface area is 160 Å². The molecule has 2 aromatic carbocycles. The Morgan fingerprint density at radius 3 is 2.31 bits per heavy atom. The highest BCUT2D eigenvalue weighted by molar-refractivity contribution is 7.92. The molecule has 26 heavy (non-hydrogen) atoms. The normalized spacial score (nSPS) is 12.5. The van der Waals surface area contributed by atoms with Crippen molar-refractivity contribution in [2.45, 2.75) is 26.4 Å². The fraction of sp³-hybridized carbons (Fsp3) is 0.316. The first-order valence-electron chi connectivity index (χ1n) is 8.15. The molecule has 0 aromatic heterocycles. The predicted octanol–water partition coefficient (Wildman–Crippen LogP) is 3.46. The number of aryl methyl sites for hydroxylation is 1. The molecule has 0 fully saturated rings. The minimum atomic E-state index is -3.66. The number of likely N-dealkylation sites (N-methyl/N-ethyl adjacent to an activating group) is 1. The third-order valence-electron chi connectivity index (χ3n) is 4.05. The Kier molecular flexibility index (Phi) is 6.31. The second-order valence-electron chi connectivity index (χ2n) is 6.39. The van der Waals surface area contributed by atoms with Crippen LogP contribution >= 0.6 is 11.6 Å². The smallest absolute Gasteiger partial charge is 0.246 e. The van der Waals surface area contributed by atoms with Gasteiger partial charge in [0.2, 0.25) is 15.9 Å². The molecule has 2 aromatic rings. The van der Waals surface area contributed by atoms with E-state index in [9.17, 15) is 13.2 Å². The van der Waals surface area contributed by atoms with E-state index in [1.165, 1.54) is 11.0 Å². The second-order valence-corrected chi connectivity index (χ2v) is 8.69. The number of nitrogens with zero attached hydrogens (tertiary/aromatic N) is 2. The van der Waals surface area contributed by atoms with Crippen molar-refractivity contribution in [3.63, 3.8) is 0 Å². The lowest BCUT2D eigenvalue weighted by Crippen LogP contribution is -2.48. The van der Waals surface area contributed by atoms with Crippen LogP contribution in [-0.4, -0.2) is 38.6 Å². The highest BCUT2D eigenvalue weighted by Crippen LogP contribution is 2.25. The van der Waals surface area contributed by atoms with Crippen LogP contribution in [0.4, 0.5) is 5.69 Å². The molecule has 0 unspecified atom stereocenters. The van der Waals surface area contributed by atoms with Crippen molar-refractivity contribution in [1.29, 1.82) is 0 Å². The summed E-state index contributed by atoms with van der Waals surface area (Å²) >= 11 is 5.99. The van der Waals surface area contributed by atoms with Gasteiger partial charge in [0.05, 0.1) is 11.9 Å². The summed E-state index contributed by atoms with van der Waals surface area (Å²) in [5.41, 5.74) is 2.48. The number of benzene rings is 2. The summed E-state index contributed by atoms with van der Waals surface area (Å²) in [7, 11) is -2.00. The molecule has 0 radical (unpaired) electrons. The van der Waals surface area contributed by atoms with Gasteiger partial charge in [0.1, 0.15) is 6.04 Å². The van der Waals surface area contributed by atoms with Crippen LogP contribution in [0.1, 0.15) is 18.1 Å². The van der Waals surface area contributed by atoms with Crippen LogP contribution in [0.5, 0.6) is 0 Å². The molecule has 1 atom stereocenters. The zero-order valence-corrected chi connectivity index (χ0v) is 16.9. The summed E-state index contributed by atoms with van der Waals surface area (Å²) in [5.74, 6) is -0.295. The van der Waals surface area contributed by atoms with Crippen LogP contribution in [0.15, 0.2) is 48.5 Å². The number of sulfonamides is 1. The molecule has 0 saturated heterocycles. The highest BCUT2D eigenvalue weighted by atomic mass is 35.5. The number of amides is 1. The highest BCUT2D eigenvalue weighted by Gasteiger charge is 2.31. The molecular formula is C19H23ClN2O3S. The van der Waals surface area contributed by atoms with Crippen LogP contribution in [-0.2, 0) is 21.4 Å². The van der Waals surface area contributed by atoms with Crippen molar-refractivity contribution in [2.24, 2.45) is 0 Å². The molecule has 0 spiro atoms. The molecular weight excluding hydrogens is 372 g/mol. The molecule has 1 amide bonds. The average Bonchev–Trinajstić information content (AvgIpc) is 2.55. The van der Waals surface area contributed by atoms with E-state index < -0.39 is 16.1 Å². The fourth-order valence-electron chi connectivity index (χ4n) is 2.78. The summed E-state index contributed by atoms with van der Waals surface area (Å²) in [6.45, 7) is 3.97. The number of halogens is 1. The molecule has 0 bridgehead atoms. The topological polar surface area (TPSA) is 57.7 Å². The fourth-order valence-corrected chi connectivity index (χ4v) is 4.13. The zero-order chi connectivity index (χ0) is 19.5. The van der Waals surface area contributed by atoms with Crippen LogP contribution < -0.4 is 4.31 Å². The van der Waals surface area contributed by atoms with Gasteiger partial charge in [-0.15, -0.1) is 0 Å². The maximum absolute atomic E-state index is 12.8. The largest absolute Gasteiger partial charge is 0.340 e. The quantitative estimate of drug-likeness (QED) is 0.753. The first-order chi connectivity index (χ1) is 12.1. The minimum Gasteiger partial charge on any atom is -0.340 e. The molecule has 7 heteroatoms. The van der Waals surface area contributed by atoms with E-state index in [-0.39, 0.29) is 5.91 Å². The maximum Gasteiger partial charge on any atom is 0.246 e. The van der Waals surface area contributed by atoms with E-state index in [4.69, 9.17) is 11.6 Å². The van der Waals surface area contributed by atoms with Gasteiger partial charge in [-0.2, -0.15) is 0 Å². The molecule has 0 aliphatic carbocycles. The van der Waals surface area contributed by atoms with Crippen molar-refractivity contribution in [2.75, 3.05) is 17.6 Å². The van der Waals surface area contributed by atoms with E-state index in [0.717, 1.165) is 21.7 Å². The van der Waals surface area contributed by atoms with Gasteiger partial charge in [-0.1, -0.05) is 47.5 Å². The summed E-state index contributed by atoms with van der Waals surface area (Å²) in [6, 6.07) is 13.4. The first-order valence-corrected chi connectivity index (χ1v) is 10.4. The third kappa shape index (κ3) is 4.99. The Morgan fingerprint density at radius 2 is 1.77 bits per heavy atom. The first kappa shape index (κ1) is 20.3. The van der Waals surface area contributed by atoms with E-state index in [0.29, 0.717) is 17.3 Å². The van der Waals surface area contributed by atoms with Crippen LogP contribution in [0.2, 0.25) is 5.02 Å². The molecule has 0 saturated carbocycles. The third-order valence-corrected chi connectivity index (χ3v) is 5.52. The molecule has 140 valence electrons. The van der Waals surface area contributed by atoms with Gasteiger partial charge < -0.3 is 4.90 Å². The van der Waals surface area contributed by atoms with Gasteiger partial charge >= 0.3 is 0 Å². The number of rotatable bonds is 6. The van der Waals surface area contributed by atoms with Gasteiger partial charge in [-0.05, 0) is 37.6 Å². The summed E-state index contributed by atoms with van der Waals surface area (Å²) in [5, 5.41) is 0.406. The second kappa shape index (κ2) is 8.10. The molecule has 2 rings (SSSR count). The number of carbonyl (C=O) groups excluding carboxylic acids is 1. The van der Waals surface area contributed by atoms with Crippen molar-refractivity contribution in [3.8, 4) is 0 Å². The monoisotopic (exact) mass is 394 g/mol. The van der Waals surface area contributed by atoms with E-state index in [1.54, 1.807) is 32.2 Å². The van der Waals surface area contributed by atoms with E-state index in [1.807, 2.05) is 31.2 Å². The molecule has 0 N–H and O–H groups in total. The SMILES string of the molecule is Cc1ccc(CN(C)C(=O)[C@H](C)N(c2cccc(Cl)c2)S(C)(=O)=O)cc1. The molecule has 0 aliphatic rings. The van der Waals surface area contributed by atoms with Gasteiger partial charge in [-0.25, -0.2) is 8.42 Å². The van der Waals surface area contributed by atoms with Crippen LogP contribution in [0, 0.1) is 6.92 Å². The van der Waals surface area contributed by atoms with Gasteiger partial charge in [0.15, 0.2) is 0 Å². The maximum atomic E-state index is 12.8. The summed E-state index contributed by atoms with van der Waals surface area (Å²) in [4.78, 5) is 14.4. The number of hydrogen-bond donors (Lipinski definition) is 0. The van der Waals surface area contributed by atoms with Gasteiger partial charge in [-0.3, -0.25) is 9.10 Å². The zero-order valence-electron chi connectivity index (χ0n) is 15.3. The Balaban J connectivity index is 2.25. The lowest BCUT2D eigenvalue weighted by Gasteiger charge is -2.31. The predicted molar refractivity (Wildman–Crippen MR) is 106 cm³/mol. The van der Waals surface area contributed by atoms with E-state index in [2.05, 4.69) is 0 Å². The van der Waals surface area contributed by atoms with Crippen molar-refractivity contribution in [1.82, 2.24) is 4.90 Å². The number of anilines is 1. The molecule has 5 nitrogen and oxygen atoms in total. The van der Waals surface area contributed by atoms with Gasteiger partial charge in [0.25, 0.3) is 0 Å². The minimum absolute atomic E-state index is 0.295. The standard InChI is InChI=1S/C19H23ClN2O3S/c1-14-8-10-16(11-9-14)13-21(3)19(23)15(2)22(26(4,24)25)18-7-5-6-17(20)12-18/h5-12,15H,13H2,1-4H3/t15-/m0/s1. The Hall–Kier alpha value is -2.05. The lowest BCUT2D eigenvalue weighted by atomic mass is 10.1.